The normalized spacial score (nSPS) is 13.9. The number of benzene rings is 1. The van der Waals surface area contributed by atoms with Crippen molar-refractivity contribution in [2.45, 2.75) is 38.3 Å². The number of aromatic hydroxyl groups is 1. The van der Waals surface area contributed by atoms with Crippen molar-refractivity contribution in [1.82, 2.24) is 0 Å². The van der Waals surface area contributed by atoms with Gasteiger partial charge < -0.3 is 15.9 Å². The molecule has 0 amide bonds. The second kappa shape index (κ2) is 7.48. The number of nitrogens with two attached hydrogens (primary N) is 1. The van der Waals surface area contributed by atoms with Gasteiger partial charge in [-0.05, 0) is 24.6 Å². The quantitative estimate of drug-likeness (QED) is 0.765. The van der Waals surface area contributed by atoms with Crippen LogP contribution in [0.3, 0.4) is 0 Å². The highest BCUT2D eigenvalue weighted by Crippen LogP contribution is 2.27. The van der Waals surface area contributed by atoms with Crippen LogP contribution in [0.25, 0.3) is 0 Å². The van der Waals surface area contributed by atoms with Crippen molar-refractivity contribution >= 4 is 12.4 Å². The summed E-state index contributed by atoms with van der Waals surface area (Å²) in [7, 11) is 0. The van der Waals surface area contributed by atoms with Crippen LogP contribution < -0.4 is 5.73 Å². The molecular weight excluding hydrogens is 245 g/mol. The van der Waals surface area contributed by atoms with Gasteiger partial charge in [0, 0.05) is 5.56 Å². The Balaban J connectivity index is 0.00000256. The lowest BCUT2D eigenvalue weighted by molar-refractivity contribution is 0.131. The first-order valence-electron chi connectivity index (χ1n) is 5.48. The maximum Gasteiger partial charge on any atom is 0.123 e. The van der Waals surface area contributed by atoms with E-state index in [9.17, 15) is 14.6 Å². The Labute approximate surface area is 107 Å². The SMILES string of the molecule is CCCC[C@@H](O)[C@@H](N)c1cc(F)ccc1O.Cl. The van der Waals surface area contributed by atoms with E-state index in [1.807, 2.05) is 6.92 Å². The van der Waals surface area contributed by atoms with Gasteiger partial charge in [-0.3, -0.25) is 0 Å². The molecule has 0 saturated heterocycles. The van der Waals surface area contributed by atoms with Crippen LogP contribution in [-0.2, 0) is 0 Å². The van der Waals surface area contributed by atoms with Crippen molar-refractivity contribution in [1.29, 1.82) is 0 Å². The van der Waals surface area contributed by atoms with Gasteiger partial charge in [-0.2, -0.15) is 0 Å². The summed E-state index contributed by atoms with van der Waals surface area (Å²) in [6.07, 6.45) is 1.60. The van der Waals surface area contributed by atoms with Crippen molar-refractivity contribution in [3.05, 3.63) is 29.6 Å². The van der Waals surface area contributed by atoms with Crippen molar-refractivity contribution in [3.63, 3.8) is 0 Å². The molecule has 0 fully saturated rings. The minimum Gasteiger partial charge on any atom is -0.508 e. The number of aliphatic hydroxyl groups excluding tert-OH is 1. The molecule has 98 valence electrons. The Morgan fingerprint density at radius 3 is 2.65 bits per heavy atom. The third-order valence-corrected chi connectivity index (χ3v) is 2.62. The summed E-state index contributed by atoms with van der Waals surface area (Å²) in [5.41, 5.74) is 6.03. The molecule has 0 aliphatic heterocycles. The molecule has 1 aromatic carbocycles. The minimum atomic E-state index is -0.757. The van der Waals surface area contributed by atoms with Crippen molar-refractivity contribution in [2.24, 2.45) is 5.73 Å². The van der Waals surface area contributed by atoms with Gasteiger partial charge >= 0.3 is 0 Å². The average molecular weight is 264 g/mol. The molecule has 4 N–H and O–H groups in total. The molecule has 0 saturated carbocycles. The van der Waals surface area contributed by atoms with Crippen molar-refractivity contribution in [3.8, 4) is 5.75 Å². The molecule has 1 rings (SSSR count). The van der Waals surface area contributed by atoms with E-state index in [1.54, 1.807) is 0 Å². The fraction of sp³-hybridized carbons (Fsp3) is 0.500. The third kappa shape index (κ3) is 4.50. The number of hydrogen-bond donors (Lipinski definition) is 3. The van der Waals surface area contributed by atoms with E-state index in [0.29, 0.717) is 6.42 Å². The number of rotatable bonds is 5. The molecule has 2 atom stereocenters. The van der Waals surface area contributed by atoms with E-state index in [4.69, 9.17) is 5.73 Å². The standard InChI is InChI=1S/C12H18FNO2.ClH/c1-2-3-4-11(16)12(14)9-7-8(13)5-6-10(9)15;/h5-7,11-12,15-16H,2-4,14H2,1H3;1H/t11-,12+;/m1./s1. The van der Waals surface area contributed by atoms with Crippen molar-refractivity contribution < 1.29 is 14.6 Å². The first kappa shape index (κ1) is 16.2. The van der Waals surface area contributed by atoms with E-state index >= 15 is 0 Å². The number of aliphatic hydroxyl groups is 1. The summed E-state index contributed by atoms with van der Waals surface area (Å²) >= 11 is 0. The van der Waals surface area contributed by atoms with Crippen LogP contribution in [0.15, 0.2) is 18.2 Å². The van der Waals surface area contributed by atoms with Crippen LogP contribution >= 0.6 is 12.4 Å². The largest absolute Gasteiger partial charge is 0.508 e. The molecular formula is C12H19ClFNO2. The number of hydrogen-bond acceptors (Lipinski definition) is 3. The third-order valence-electron chi connectivity index (χ3n) is 2.62. The number of unbranched alkanes of at least 4 members (excludes halogenated alkanes) is 1. The van der Waals surface area contributed by atoms with Gasteiger partial charge in [-0.15, -0.1) is 12.4 Å². The van der Waals surface area contributed by atoms with Crippen LogP contribution in [0, 0.1) is 5.82 Å². The van der Waals surface area contributed by atoms with E-state index in [-0.39, 0.29) is 23.7 Å². The van der Waals surface area contributed by atoms with E-state index in [0.717, 1.165) is 25.0 Å². The molecule has 0 bridgehead atoms. The van der Waals surface area contributed by atoms with Gasteiger partial charge in [0.2, 0.25) is 0 Å². The maximum absolute atomic E-state index is 13.0. The topological polar surface area (TPSA) is 66.5 Å². The Bertz CT molecular complexity index is 349. The Kier molecular flexibility index (Phi) is 7.11. The lowest BCUT2D eigenvalue weighted by Gasteiger charge is -2.19. The molecule has 5 heteroatoms. The molecule has 0 aliphatic carbocycles. The zero-order chi connectivity index (χ0) is 12.1. The molecule has 0 aromatic heterocycles. The Morgan fingerprint density at radius 2 is 2.06 bits per heavy atom. The second-order valence-electron chi connectivity index (χ2n) is 3.94. The van der Waals surface area contributed by atoms with E-state index in [2.05, 4.69) is 0 Å². The minimum absolute atomic E-state index is 0. The van der Waals surface area contributed by atoms with Gasteiger partial charge in [0.1, 0.15) is 11.6 Å². The molecule has 1 aromatic rings. The molecule has 3 nitrogen and oxygen atoms in total. The summed E-state index contributed by atoms with van der Waals surface area (Å²) in [5, 5.41) is 19.3. The summed E-state index contributed by atoms with van der Waals surface area (Å²) in [5.74, 6) is -0.546. The predicted molar refractivity (Wildman–Crippen MR) is 67.8 cm³/mol. The van der Waals surface area contributed by atoms with E-state index < -0.39 is 18.0 Å². The lowest BCUT2D eigenvalue weighted by atomic mass is 9.97. The predicted octanol–water partition coefficient (Wildman–Crippen LogP) is 2.50. The van der Waals surface area contributed by atoms with Crippen LogP contribution in [0.4, 0.5) is 4.39 Å². The monoisotopic (exact) mass is 263 g/mol. The second-order valence-corrected chi connectivity index (χ2v) is 3.94. The summed E-state index contributed by atoms with van der Waals surface area (Å²) in [4.78, 5) is 0. The highest BCUT2D eigenvalue weighted by Gasteiger charge is 2.19. The zero-order valence-electron chi connectivity index (χ0n) is 9.77. The summed E-state index contributed by atoms with van der Waals surface area (Å²) in [6.45, 7) is 2.01. The number of halogens is 2. The van der Waals surface area contributed by atoms with Crippen LogP contribution in [0.5, 0.6) is 5.75 Å². The fourth-order valence-electron chi connectivity index (χ4n) is 1.59. The molecule has 0 spiro atoms. The fourth-order valence-corrected chi connectivity index (χ4v) is 1.59. The average Bonchev–Trinajstić information content (AvgIpc) is 2.28. The Morgan fingerprint density at radius 1 is 1.41 bits per heavy atom. The molecule has 0 unspecified atom stereocenters. The summed E-state index contributed by atoms with van der Waals surface area (Å²) < 4.78 is 13.0. The molecule has 0 aliphatic rings. The maximum atomic E-state index is 13.0. The van der Waals surface area contributed by atoms with Gasteiger partial charge in [-0.1, -0.05) is 19.8 Å². The molecule has 0 heterocycles. The summed E-state index contributed by atoms with van der Waals surface area (Å²) in [6, 6.07) is 2.82. The zero-order valence-corrected chi connectivity index (χ0v) is 10.6. The van der Waals surface area contributed by atoms with Crippen molar-refractivity contribution in [2.75, 3.05) is 0 Å². The lowest BCUT2D eigenvalue weighted by Crippen LogP contribution is -2.26. The number of phenols is 1. The molecule has 17 heavy (non-hydrogen) atoms. The van der Waals surface area contributed by atoms with E-state index in [1.165, 1.54) is 6.07 Å². The van der Waals surface area contributed by atoms with Gasteiger partial charge in [0.15, 0.2) is 0 Å². The first-order valence-corrected chi connectivity index (χ1v) is 5.48. The van der Waals surface area contributed by atoms with Gasteiger partial charge in [0.05, 0.1) is 12.1 Å². The van der Waals surface area contributed by atoms with Crippen LogP contribution in [0.1, 0.15) is 37.8 Å². The molecule has 0 radical (unpaired) electrons. The van der Waals surface area contributed by atoms with Gasteiger partial charge in [-0.25, -0.2) is 4.39 Å². The van der Waals surface area contributed by atoms with Crippen LogP contribution in [0.2, 0.25) is 0 Å². The highest BCUT2D eigenvalue weighted by atomic mass is 35.5. The first-order chi connectivity index (χ1) is 7.56. The smallest absolute Gasteiger partial charge is 0.123 e. The van der Waals surface area contributed by atoms with Crippen LogP contribution in [-0.4, -0.2) is 16.3 Å². The number of phenolic OH excluding ortho intramolecular Hbond substituents is 1. The Hall–Kier alpha value is -0.840. The highest BCUT2D eigenvalue weighted by molar-refractivity contribution is 5.85. The van der Waals surface area contributed by atoms with Gasteiger partial charge in [0.25, 0.3) is 0 Å².